The molecule has 1 fully saturated rings. The highest BCUT2D eigenvalue weighted by atomic mass is 32.1. The van der Waals surface area contributed by atoms with Gasteiger partial charge in [-0.1, -0.05) is 17.4 Å². The number of carbonyl (C=O) groups is 1. The van der Waals surface area contributed by atoms with Gasteiger partial charge in [-0.15, -0.1) is 10.2 Å². The minimum Gasteiger partial charge on any atom is -0.436 e. The summed E-state index contributed by atoms with van der Waals surface area (Å²) in [6.45, 7) is 4.22. The quantitative estimate of drug-likeness (QED) is 0.753. The lowest BCUT2D eigenvalue weighted by Crippen LogP contribution is -2.31. The van der Waals surface area contributed by atoms with Crippen molar-refractivity contribution in [1.29, 1.82) is 0 Å². The summed E-state index contributed by atoms with van der Waals surface area (Å²) in [5, 5.41) is 11.6. The molecule has 4 rings (SSSR count). The summed E-state index contributed by atoms with van der Waals surface area (Å²) in [4.78, 5) is 23.6. The third kappa shape index (κ3) is 3.17. The molecule has 0 aromatic carbocycles. The minimum absolute atomic E-state index is 0.0801. The van der Waals surface area contributed by atoms with Crippen molar-refractivity contribution in [3.63, 3.8) is 0 Å². The van der Waals surface area contributed by atoms with Gasteiger partial charge in [-0.25, -0.2) is 9.97 Å². The molecule has 3 aromatic rings. The van der Waals surface area contributed by atoms with Gasteiger partial charge in [-0.3, -0.25) is 4.79 Å². The molecular formula is C17H18N6O2S. The summed E-state index contributed by atoms with van der Waals surface area (Å²) in [6.07, 6.45) is 1.80. The molecule has 1 saturated heterocycles. The van der Waals surface area contributed by atoms with Crippen molar-refractivity contribution in [1.82, 2.24) is 25.1 Å². The van der Waals surface area contributed by atoms with E-state index in [9.17, 15) is 4.79 Å². The first kappa shape index (κ1) is 16.6. The Kier molecular flexibility index (Phi) is 4.37. The van der Waals surface area contributed by atoms with Gasteiger partial charge < -0.3 is 14.6 Å². The lowest BCUT2D eigenvalue weighted by Gasteiger charge is -2.23. The monoisotopic (exact) mass is 370 g/mol. The van der Waals surface area contributed by atoms with E-state index in [0.29, 0.717) is 34.8 Å². The van der Waals surface area contributed by atoms with Crippen LogP contribution in [-0.2, 0) is 0 Å². The second kappa shape index (κ2) is 6.83. The van der Waals surface area contributed by atoms with Gasteiger partial charge in [0.15, 0.2) is 5.89 Å². The van der Waals surface area contributed by atoms with Crippen LogP contribution >= 0.6 is 11.3 Å². The third-order valence-corrected chi connectivity index (χ3v) is 4.93. The first-order valence-corrected chi connectivity index (χ1v) is 9.25. The number of hydrogen-bond donors (Lipinski definition) is 1. The Morgan fingerprint density at radius 3 is 2.96 bits per heavy atom. The molecule has 4 heterocycles. The SMILES string of the molecule is Cc1nc(C)c(C(=O)N2CCC[C@@H]2c2cccc(Nc3nncs3)n2)o1. The van der Waals surface area contributed by atoms with Gasteiger partial charge in [0.1, 0.15) is 11.3 Å². The highest BCUT2D eigenvalue weighted by molar-refractivity contribution is 7.13. The van der Waals surface area contributed by atoms with Crippen molar-refractivity contribution < 1.29 is 9.21 Å². The molecule has 8 nitrogen and oxygen atoms in total. The van der Waals surface area contributed by atoms with E-state index in [0.717, 1.165) is 18.5 Å². The highest BCUT2D eigenvalue weighted by Gasteiger charge is 2.34. The molecule has 0 radical (unpaired) electrons. The lowest BCUT2D eigenvalue weighted by atomic mass is 10.1. The topological polar surface area (TPSA) is 97.0 Å². The van der Waals surface area contributed by atoms with E-state index in [-0.39, 0.29) is 11.9 Å². The molecule has 1 atom stereocenters. The number of carbonyl (C=O) groups excluding carboxylic acids is 1. The Bertz CT molecular complexity index is 923. The van der Waals surface area contributed by atoms with Gasteiger partial charge in [0.25, 0.3) is 5.91 Å². The minimum atomic E-state index is -0.130. The fourth-order valence-electron chi connectivity index (χ4n) is 3.22. The summed E-state index contributed by atoms with van der Waals surface area (Å²) >= 11 is 1.41. The van der Waals surface area contributed by atoms with E-state index >= 15 is 0 Å². The van der Waals surface area contributed by atoms with Crippen molar-refractivity contribution in [2.45, 2.75) is 32.7 Å². The van der Waals surface area contributed by atoms with Crippen molar-refractivity contribution in [2.24, 2.45) is 0 Å². The normalized spacial score (nSPS) is 16.8. The summed E-state index contributed by atoms with van der Waals surface area (Å²) in [7, 11) is 0. The average Bonchev–Trinajstić information content (AvgIpc) is 3.36. The van der Waals surface area contributed by atoms with Crippen LogP contribution in [0.25, 0.3) is 0 Å². The lowest BCUT2D eigenvalue weighted by molar-refractivity contribution is 0.0698. The molecule has 0 spiro atoms. The first-order chi connectivity index (χ1) is 12.6. The van der Waals surface area contributed by atoms with Crippen LogP contribution in [0, 0.1) is 13.8 Å². The number of pyridine rings is 1. The second-order valence-electron chi connectivity index (χ2n) is 6.12. The number of amides is 1. The van der Waals surface area contributed by atoms with E-state index in [2.05, 4.69) is 25.5 Å². The second-order valence-corrected chi connectivity index (χ2v) is 6.95. The van der Waals surface area contributed by atoms with Crippen LogP contribution in [0.3, 0.4) is 0 Å². The maximum absolute atomic E-state index is 12.9. The zero-order chi connectivity index (χ0) is 18.1. The standard InChI is InChI=1S/C17H18N6O2S/c1-10-15(25-11(2)19-10)16(24)23-8-4-6-13(23)12-5-3-7-14(20-12)21-17-22-18-9-26-17/h3,5,7,9,13H,4,6,8H2,1-2H3,(H,20,21,22)/t13-/m1/s1. The number of anilines is 2. The number of nitrogens with zero attached hydrogens (tertiary/aromatic N) is 5. The summed E-state index contributed by atoms with van der Waals surface area (Å²) in [5.74, 6) is 1.38. The van der Waals surface area contributed by atoms with Gasteiger partial charge in [0, 0.05) is 13.5 Å². The Hall–Kier alpha value is -2.81. The molecule has 0 saturated carbocycles. The Labute approximate surface area is 154 Å². The van der Waals surface area contributed by atoms with Crippen LogP contribution < -0.4 is 5.32 Å². The Morgan fingerprint density at radius 2 is 2.23 bits per heavy atom. The van der Waals surface area contributed by atoms with Gasteiger partial charge >= 0.3 is 0 Å². The van der Waals surface area contributed by atoms with Gasteiger partial charge in [0.05, 0.1) is 17.4 Å². The van der Waals surface area contributed by atoms with Crippen LogP contribution in [0.1, 0.15) is 46.7 Å². The fourth-order valence-corrected chi connectivity index (χ4v) is 3.67. The number of likely N-dealkylation sites (tertiary alicyclic amines) is 1. The number of oxazole rings is 1. The van der Waals surface area contributed by atoms with E-state index in [1.807, 2.05) is 23.1 Å². The van der Waals surface area contributed by atoms with E-state index in [1.54, 1.807) is 19.4 Å². The maximum atomic E-state index is 12.9. The van der Waals surface area contributed by atoms with Gasteiger partial charge in [-0.05, 0) is 31.9 Å². The molecular weight excluding hydrogens is 352 g/mol. The molecule has 1 aliphatic rings. The summed E-state index contributed by atoms with van der Waals surface area (Å²) in [5.41, 5.74) is 3.13. The molecule has 0 unspecified atom stereocenters. The number of aryl methyl sites for hydroxylation is 2. The zero-order valence-electron chi connectivity index (χ0n) is 14.5. The largest absolute Gasteiger partial charge is 0.436 e. The van der Waals surface area contributed by atoms with Crippen LogP contribution in [0.4, 0.5) is 10.9 Å². The predicted molar refractivity (Wildman–Crippen MR) is 96.4 cm³/mol. The third-order valence-electron chi connectivity index (χ3n) is 4.32. The van der Waals surface area contributed by atoms with Gasteiger partial charge in [0.2, 0.25) is 10.9 Å². The molecule has 134 valence electrons. The summed E-state index contributed by atoms with van der Waals surface area (Å²) < 4.78 is 5.52. The molecule has 1 amide bonds. The first-order valence-electron chi connectivity index (χ1n) is 8.37. The van der Waals surface area contributed by atoms with Crippen LogP contribution in [-0.4, -0.2) is 37.5 Å². The van der Waals surface area contributed by atoms with E-state index in [4.69, 9.17) is 4.42 Å². The number of hydrogen-bond acceptors (Lipinski definition) is 8. The molecule has 0 bridgehead atoms. The van der Waals surface area contributed by atoms with E-state index < -0.39 is 0 Å². The molecule has 1 aliphatic heterocycles. The van der Waals surface area contributed by atoms with Crippen molar-refractivity contribution in [2.75, 3.05) is 11.9 Å². The number of rotatable bonds is 4. The molecule has 0 aliphatic carbocycles. The average molecular weight is 370 g/mol. The molecule has 26 heavy (non-hydrogen) atoms. The van der Waals surface area contributed by atoms with Crippen molar-refractivity contribution in [3.05, 3.63) is 46.7 Å². The van der Waals surface area contributed by atoms with Crippen LogP contribution in [0.5, 0.6) is 0 Å². The predicted octanol–water partition coefficient (Wildman–Crippen LogP) is 3.26. The molecule has 3 aromatic heterocycles. The number of nitrogens with one attached hydrogen (secondary N) is 1. The van der Waals surface area contributed by atoms with Crippen LogP contribution in [0.2, 0.25) is 0 Å². The zero-order valence-corrected chi connectivity index (χ0v) is 15.3. The van der Waals surface area contributed by atoms with E-state index in [1.165, 1.54) is 11.3 Å². The Balaban J connectivity index is 1.58. The molecule has 9 heteroatoms. The van der Waals surface area contributed by atoms with Gasteiger partial charge in [-0.2, -0.15) is 0 Å². The van der Waals surface area contributed by atoms with Crippen molar-refractivity contribution in [3.8, 4) is 0 Å². The van der Waals surface area contributed by atoms with Crippen molar-refractivity contribution >= 4 is 28.2 Å². The smallest absolute Gasteiger partial charge is 0.292 e. The summed E-state index contributed by atoms with van der Waals surface area (Å²) in [6, 6.07) is 5.66. The van der Waals surface area contributed by atoms with Crippen LogP contribution in [0.15, 0.2) is 28.1 Å². The number of aromatic nitrogens is 4. The fraction of sp³-hybridized carbons (Fsp3) is 0.353. The maximum Gasteiger partial charge on any atom is 0.292 e. The highest BCUT2D eigenvalue weighted by Crippen LogP contribution is 2.33. The Morgan fingerprint density at radius 1 is 1.35 bits per heavy atom. The molecule has 1 N–H and O–H groups in total.